The van der Waals surface area contributed by atoms with Gasteiger partial charge in [-0.15, -0.1) is 0 Å². The summed E-state index contributed by atoms with van der Waals surface area (Å²) in [6, 6.07) is 44.3. The maximum Gasteiger partial charge on any atom is 0.323 e. The molecule has 0 bridgehead atoms. The number of hydrogen-bond donors (Lipinski definition) is 0. The molecular formula is C44H28BN7. The Kier molecular flexibility index (Phi) is 7.09. The van der Waals surface area contributed by atoms with Crippen molar-refractivity contribution in [1.29, 1.82) is 0 Å². The van der Waals surface area contributed by atoms with Crippen LogP contribution in [-0.4, -0.2) is 36.8 Å². The number of fused-ring (bicyclic) bond motifs is 8. The predicted molar refractivity (Wildman–Crippen MR) is 209 cm³/mol. The maximum absolute atomic E-state index is 5.03. The van der Waals surface area contributed by atoms with Crippen LogP contribution in [0.15, 0.2) is 164 Å². The Hall–Kier alpha value is -7.06. The van der Waals surface area contributed by atoms with Crippen LogP contribution in [-0.2, 0) is 0 Å². The van der Waals surface area contributed by atoms with Crippen molar-refractivity contribution < 1.29 is 0 Å². The fourth-order valence-electron chi connectivity index (χ4n) is 7.44. The molecule has 0 unspecified atom stereocenters. The van der Waals surface area contributed by atoms with E-state index in [1.54, 1.807) is 24.8 Å². The van der Waals surface area contributed by atoms with Crippen molar-refractivity contribution in [3.63, 3.8) is 0 Å². The van der Waals surface area contributed by atoms with E-state index in [-0.39, 0.29) is 6.85 Å². The molecule has 8 aromatic rings. The highest BCUT2D eigenvalue weighted by Gasteiger charge is 2.40. The SMILES string of the molecule is C1=Cc2cccnc2N2B1c1c(ccc(-c3ccccc3)c1-c1ccccc1)-c1ccc(-c3nc(-c4ccncc4)nc(-c4ccncc4)n3)cc12. The number of nitrogens with zero attached hydrogens (tertiary/aromatic N) is 7. The van der Waals surface area contributed by atoms with Gasteiger partial charge < -0.3 is 4.81 Å². The fraction of sp³-hybridized carbons (Fsp3) is 0. The van der Waals surface area contributed by atoms with Crippen molar-refractivity contribution >= 4 is 29.9 Å². The van der Waals surface area contributed by atoms with Crippen molar-refractivity contribution in [2.24, 2.45) is 0 Å². The molecule has 0 amide bonds. The van der Waals surface area contributed by atoms with Crippen molar-refractivity contribution in [3.05, 3.63) is 170 Å². The van der Waals surface area contributed by atoms with Crippen molar-refractivity contribution in [1.82, 2.24) is 29.9 Å². The van der Waals surface area contributed by atoms with Crippen molar-refractivity contribution in [2.75, 3.05) is 4.81 Å². The van der Waals surface area contributed by atoms with Crippen LogP contribution in [0, 0.1) is 0 Å². The van der Waals surface area contributed by atoms with Gasteiger partial charge >= 0.3 is 6.85 Å². The number of pyridine rings is 3. The molecule has 0 aliphatic carbocycles. The van der Waals surface area contributed by atoms with Gasteiger partial charge in [-0.1, -0.05) is 97.0 Å². The molecule has 0 saturated heterocycles. The standard InChI is InChI=1S/C44H28BN7/c1-3-8-29(9-4-1)35-15-16-37-36-14-13-34(43-50-41(31-18-24-46-25-19-31)49-42(51-43)32-20-26-47-27-21-32)28-38(36)52-44-33(12-7-23-48-44)17-22-45(52)40(37)39(35)30-10-5-2-6-11-30/h1-28H. The van der Waals surface area contributed by atoms with Crippen LogP contribution in [0.1, 0.15) is 5.56 Å². The summed E-state index contributed by atoms with van der Waals surface area (Å²) in [5.41, 5.74) is 13.1. The van der Waals surface area contributed by atoms with Gasteiger partial charge in [0.1, 0.15) is 5.82 Å². The van der Waals surface area contributed by atoms with E-state index in [1.807, 2.05) is 36.5 Å². The monoisotopic (exact) mass is 665 g/mol. The van der Waals surface area contributed by atoms with E-state index in [9.17, 15) is 0 Å². The Balaban J connectivity index is 1.23. The number of benzene rings is 4. The smallest absolute Gasteiger partial charge is 0.323 e. The summed E-state index contributed by atoms with van der Waals surface area (Å²) in [4.78, 5) is 30.7. The average molecular weight is 666 g/mol. The number of aromatic nitrogens is 6. The number of hydrogen-bond acceptors (Lipinski definition) is 7. The number of rotatable bonds is 5. The summed E-state index contributed by atoms with van der Waals surface area (Å²) < 4.78 is 0. The van der Waals surface area contributed by atoms with E-state index in [0.717, 1.165) is 39.3 Å². The van der Waals surface area contributed by atoms with Crippen LogP contribution in [0.25, 0.3) is 73.6 Å². The van der Waals surface area contributed by atoms with Crippen molar-refractivity contribution in [2.45, 2.75) is 0 Å². The lowest BCUT2D eigenvalue weighted by Crippen LogP contribution is -2.51. The molecule has 0 atom stereocenters. The lowest BCUT2D eigenvalue weighted by Gasteiger charge is -2.40. The first-order chi connectivity index (χ1) is 25.8. The summed E-state index contributed by atoms with van der Waals surface area (Å²) in [5, 5.41) is 0. The highest BCUT2D eigenvalue weighted by Crippen LogP contribution is 2.47. The second-order valence-electron chi connectivity index (χ2n) is 12.8. The van der Waals surface area contributed by atoms with Gasteiger partial charge in [0, 0.05) is 64.5 Å². The van der Waals surface area contributed by atoms with Gasteiger partial charge in [0.15, 0.2) is 17.5 Å². The molecule has 6 heterocycles. The largest absolute Gasteiger partial charge is 0.361 e. The third kappa shape index (κ3) is 5.00. The molecule has 0 radical (unpaired) electrons. The third-order valence-electron chi connectivity index (χ3n) is 9.79. The molecule has 0 spiro atoms. The molecular weight excluding hydrogens is 637 g/mol. The minimum atomic E-state index is -0.114. The second-order valence-corrected chi connectivity index (χ2v) is 12.8. The van der Waals surface area contributed by atoms with Crippen LogP contribution < -0.4 is 10.3 Å². The fourth-order valence-corrected chi connectivity index (χ4v) is 7.44. The Bertz CT molecular complexity index is 2580. The molecule has 2 aliphatic rings. The van der Waals surface area contributed by atoms with Gasteiger partial charge in [-0.3, -0.25) is 9.97 Å². The summed E-state index contributed by atoms with van der Waals surface area (Å²) in [6.07, 6.45) is 11.1. The second kappa shape index (κ2) is 12.4. The Morgan fingerprint density at radius 1 is 0.462 bits per heavy atom. The van der Waals surface area contributed by atoms with Crippen LogP contribution in [0.4, 0.5) is 11.5 Å². The van der Waals surface area contributed by atoms with Crippen LogP contribution >= 0.6 is 0 Å². The van der Waals surface area contributed by atoms with Gasteiger partial charge in [-0.05, 0) is 75.7 Å². The van der Waals surface area contributed by atoms with E-state index >= 15 is 0 Å². The minimum Gasteiger partial charge on any atom is -0.361 e. The van der Waals surface area contributed by atoms with Gasteiger partial charge in [0.05, 0.1) is 0 Å². The van der Waals surface area contributed by atoms with E-state index in [0.29, 0.717) is 17.5 Å². The van der Waals surface area contributed by atoms with E-state index in [4.69, 9.17) is 19.9 Å². The maximum atomic E-state index is 5.03. The molecule has 52 heavy (non-hydrogen) atoms. The molecule has 242 valence electrons. The molecule has 4 aromatic heterocycles. The lowest BCUT2D eigenvalue weighted by molar-refractivity contribution is 1.07. The van der Waals surface area contributed by atoms with Crippen LogP contribution in [0.5, 0.6) is 0 Å². The zero-order valence-corrected chi connectivity index (χ0v) is 27.9. The zero-order chi connectivity index (χ0) is 34.4. The topological polar surface area (TPSA) is 80.6 Å². The summed E-state index contributed by atoms with van der Waals surface area (Å²) >= 11 is 0. The quantitative estimate of drug-likeness (QED) is 0.170. The molecule has 10 rings (SSSR count). The highest BCUT2D eigenvalue weighted by atomic mass is 15.2. The van der Waals surface area contributed by atoms with E-state index in [2.05, 4.69) is 124 Å². The first kappa shape index (κ1) is 29.8. The first-order valence-electron chi connectivity index (χ1n) is 17.2. The first-order valence-corrected chi connectivity index (χ1v) is 17.2. The lowest BCUT2D eigenvalue weighted by atomic mass is 9.47. The summed E-state index contributed by atoms with van der Waals surface area (Å²) in [5.74, 6) is 4.96. The van der Waals surface area contributed by atoms with Crippen molar-refractivity contribution in [3.8, 4) is 67.5 Å². The Labute approximate surface area is 301 Å². The third-order valence-corrected chi connectivity index (χ3v) is 9.79. The highest BCUT2D eigenvalue weighted by molar-refractivity contribution is 6.86. The summed E-state index contributed by atoms with van der Waals surface area (Å²) in [6.45, 7) is -0.114. The number of anilines is 2. The molecule has 0 N–H and O–H groups in total. The van der Waals surface area contributed by atoms with E-state index in [1.165, 1.54) is 33.3 Å². The summed E-state index contributed by atoms with van der Waals surface area (Å²) in [7, 11) is 0. The van der Waals surface area contributed by atoms with E-state index < -0.39 is 0 Å². The molecule has 0 fully saturated rings. The normalized spacial score (nSPS) is 12.5. The molecule has 7 nitrogen and oxygen atoms in total. The molecule has 0 saturated carbocycles. The minimum absolute atomic E-state index is 0.114. The van der Waals surface area contributed by atoms with Crippen LogP contribution in [0.2, 0.25) is 0 Å². The molecule has 2 aliphatic heterocycles. The van der Waals surface area contributed by atoms with Gasteiger partial charge in [0.25, 0.3) is 0 Å². The Morgan fingerprint density at radius 2 is 1.06 bits per heavy atom. The predicted octanol–water partition coefficient (Wildman–Crippen LogP) is 8.97. The zero-order valence-electron chi connectivity index (χ0n) is 27.9. The van der Waals surface area contributed by atoms with Gasteiger partial charge in [0.2, 0.25) is 0 Å². The Morgan fingerprint density at radius 3 is 1.73 bits per heavy atom. The average Bonchev–Trinajstić information content (AvgIpc) is 3.24. The van der Waals surface area contributed by atoms with Gasteiger partial charge in [-0.2, -0.15) is 0 Å². The van der Waals surface area contributed by atoms with Gasteiger partial charge in [-0.25, -0.2) is 19.9 Å². The molecule has 4 aromatic carbocycles. The molecule has 8 heteroatoms. The van der Waals surface area contributed by atoms with Crippen LogP contribution in [0.3, 0.4) is 0 Å².